The third kappa shape index (κ3) is 4.74. The maximum absolute atomic E-state index is 12.9. The van der Waals surface area contributed by atoms with Crippen LogP contribution in [0.15, 0.2) is 24.3 Å². The zero-order valence-electron chi connectivity index (χ0n) is 21.6. The molecule has 1 aromatic heterocycles. The van der Waals surface area contributed by atoms with E-state index in [1.165, 1.54) is 11.3 Å². The highest BCUT2D eigenvalue weighted by molar-refractivity contribution is 7.15. The van der Waals surface area contributed by atoms with Gasteiger partial charge in [0.05, 0.1) is 25.5 Å². The number of hydrogen-bond acceptors (Lipinski definition) is 6. The number of methoxy groups -OCH3 is 1. The number of aliphatic hydroxyl groups excluding tert-OH is 1. The van der Waals surface area contributed by atoms with Crippen molar-refractivity contribution in [1.29, 1.82) is 0 Å². The predicted molar refractivity (Wildman–Crippen MR) is 141 cm³/mol. The number of ether oxygens (including phenoxy) is 1. The number of hydrogen-bond donors (Lipinski definition) is 2. The molecule has 1 heterocycles. The Bertz CT molecular complexity index is 1170. The Labute approximate surface area is 217 Å². The van der Waals surface area contributed by atoms with E-state index in [9.17, 15) is 14.7 Å². The first-order valence-electron chi connectivity index (χ1n) is 12.4. The van der Waals surface area contributed by atoms with Crippen molar-refractivity contribution in [2.75, 3.05) is 26.0 Å². The van der Waals surface area contributed by atoms with Gasteiger partial charge in [-0.05, 0) is 60.8 Å². The second-order valence-electron chi connectivity index (χ2n) is 10.5. The molecule has 2 aromatic rings. The van der Waals surface area contributed by atoms with Gasteiger partial charge in [-0.25, -0.2) is 4.98 Å². The fourth-order valence-corrected chi connectivity index (χ4v) is 7.52. The lowest BCUT2D eigenvalue weighted by Gasteiger charge is -2.53. The summed E-state index contributed by atoms with van der Waals surface area (Å²) in [5, 5.41) is 15.1. The van der Waals surface area contributed by atoms with Gasteiger partial charge in [0, 0.05) is 29.3 Å². The second-order valence-corrected chi connectivity index (χ2v) is 11.6. The number of terminal acetylenes is 1. The molecule has 6 atom stereocenters. The number of benzene rings is 1. The fraction of sp³-hybridized carbons (Fsp3) is 0.536. The van der Waals surface area contributed by atoms with Crippen LogP contribution in [0, 0.1) is 35.5 Å². The minimum atomic E-state index is -0.621. The third-order valence-corrected chi connectivity index (χ3v) is 9.22. The highest BCUT2D eigenvalue weighted by Crippen LogP contribution is 2.57. The van der Waals surface area contributed by atoms with Crippen molar-refractivity contribution >= 4 is 28.3 Å². The van der Waals surface area contributed by atoms with E-state index in [0.717, 1.165) is 29.8 Å². The average Bonchev–Trinajstić information content (AvgIpc) is 3.25. The largest absolute Gasteiger partial charge is 0.497 e. The van der Waals surface area contributed by atoms with E-state index >= 15 is 0 Å². The van der Waals surface area contributed by atoms with E-state index in [2.05, 4.69) is 25.1 Å². The maximum atomic E-state index is 12.9. The second kappa shape index (κ2) is 10.2. The summed E-state index contributed by atoms with van der Waals surface area (Å²) in [5.74, 6) is 2.50. The number of nitrogens with zero attached hydrogens (tertiary/aromatic N) is 2. The van der Waals surface area contributed by atoms with Crippen molar-refractivity contribution in [3.8, 4) is 18.1 Å². The maximum Gasteiger partial charge on any atom is 0.257 e. The summed E-state index contributed by atoms with van der Waals surface area (Å²) < 4.78 is 5.17. The Kier molecular flexibility index (Phi) is 7.44. The summed E-state index contributed by atoms with van der Waals surface area (Å²) in [6.45, 7) is 6.51. The number of fused-ring (bicyclic) bond motifs is 2. The van der Waals surface area contributed by atoms with Crippen LogP contribution in [0.1, 0.15) is 60.5 Å². The predicted octanol–water partition coefficient (Wildman–Crippen LogP) is 4.18. The SMILES string of the molecule is C#CCN(C)C(=O)[C@@H](C)[C@@H]1CC[C@]2(C)Cc3sc(NC(=O)c4ccc(OC)cc4)nc3[C@H](C)[C@@H]2[C@H]1O. The molecule has 8 heteroatoms. The molecule has 0 spiro atoms. The summed E-state index contributed by atoms with van der Waals surface area (Å²) in [7, 11) is 3.30. The summed E-state index contributed by atoms with van der Waals surface area (Å²) >= 11 is 1.52. The Morgan fingerprint density at radius 3 is 2.72 bits per heavy atom. The molecule has 2 amide bonds. The first kappa shape index (κ1) is 26.2. The van der Waals surface area contributed by atoms with E-state index in [1.54, 1.807) is 43.3 Å². The van der Waals surface area contributed by atoms with Gasteiger partial charge in [0.2, 0.25) is 5.91 Å². The van der Waals surface area contributed by atoms with Gasteiger partial charge in [-0.1, -0.05) is 26.7 Å². The Balaban J connectivity index is 1.53. The van der Waals surface area contributed by atoms with Gasteiger partial charge in [0.25, 0.3) is 5.91 Å². The Morgan fingerprint density at radius 2 is 2.08 bits per heavy atom. The van der Waals surface area contributed by atoms with Crippen molar-refractivity contribution < 1.29 is 19.4 Å². The van der Waals surface area contributed by atoms with Crippen molar-refractivity contribution in [1.82, 2.24) is 9.88 Å². The lowest BCUT2D eigenvalue weighted by molar-refractivity contribution is -0.142. The van der Waals surface area contributed by atoms with Gasteiger partial charge in [0.1, 0.15) is 5.75 Å². The minimum Gasteiger partial charge on any atom is -0.497 e. The monoisotopic (exact) mass is 509 g/mol. The summed E-state index contributed by atoms with van der Waals surface area (Å²) in [5.41, 5.74) is 1.37. The van der Waals surface area contributed by atoms with Crippen LogP contribution in [0.5, 0.6) is 5.75 Å². The minimum absolute atomic E-state index is 0.00479. The smallest absolute Gasteiger partial charge is 0.257 e. The molecule has 0 unspecified atom stereocenters. The molecule has 1 fully saturated rings. The van der Waals surface area contributed by atoms with Crippen LogP contribution in [-0.4, -0.2) is 53.6 Å². The first-order chi connectivity index (χ1) is 17.1. The zero-order chi connectivity index (χ0) is 26.2. The molecule has 1 saturated carbocycles. The molecule has 2 aliphatic rings. The summed E-state index contributed by atoms with van der Waals surface area (Å²) in [6.07, 6.45) is 7.27. The van der Waals surface area contributed by atoms with Crippen molar-refractivity contribution in [3.05, 3.63) is 40.4 Å². The first-order valence-corrected chi connectivity index (χ1v) is 13.2. The molecule has 0 aliphatic heterocycles. The number of carbonyl (C=O) groups is 2. The number of nitrogens with one attached hydrogen (secondary N) is 1. The normalized spacial score (nSPS) is 27.7. The molecule has 2 aliphatic carbocycles. The molecule has 4 rings (SSSR count). The molecular formula is C28H35N3O4S. The third-order valence-electron chi connectivity index (χ3n) is 8.23. The van der Waals surface area contributed by atoms with Crippen LogP contribution in [0.25, 0.3) is 0 Å². The van der Waals surface area contributed by atoms with Gasteiger partial charge in [-0.15, -0.1) is 17.8 Å². The molecular weight excluding hydrogens is 474 g/mol. The number of thiazole rings is 1. The number of anilines is 1. The molecule has 192 valence electrons. The van der Waals surface area contributed by atoms with Crippen LogP contribution >= 0.6 is 11.3 Å². The number of aliphatic hydroxyl groups is 1. The molecule has 1 aromatic carbocycles. The van der Waals surface area contributed by atoms with E-state index in [4.69, 9.17) is 16.1 Å². The molecule has 0 radical (unpaired) electrons. The van der Waals surface area contributed by atoms with Gasteiger partial charge in [-0.3, -0.25) is 14.9 Å². The molecule has 0 bridgehead atoms. The number of carbonyl (C=O) groups excluding carboxylic acids is 2. The Morgan fingerprint density at radius 1 is 1.39 bits per heavy atom. The van der Waals surface area contributed by atoms with Gasteiger partial charge < -0.3 is 14.7 Å². The highest BCUT2D eigenvalue weighted by atomic mass is 32.1. The quantitative estimate of drug-likeness (QED) is 0.570. The van der Waals surface area contributed by atoms with E-state index in [1.807, 2.05) is 6.92 Å². The van der Waals surface area contributed by atoms with E-state index in [-0.39, 0.29) is 47.4 Å². The molecule has 36 heavy (non-hydrogen) atoms. The highest BCUT2D eigenvalue weighted by Gasteiger charge is 2.54. The van der Waals surface area contributed by atoms with Gasteiger partial charge in [-0.2, -0.15) is 0 Å². The molecule has 0 saturated heterocycles. The summed E-state index contributed by atoms with van der Waals surface area (Å²) in [4.78, 5) is 33.2. The molecule has 2 N–H and O–H groups in total. The van der Waals surface area contributed by atoms with Crippen LogP contribution < -0.4 is 10.1 Å². The average molecular weight is 510 g/mol. The fourth-order valence-electron chi connectivity index (χ4n) is 6.26. The van der Waals surface area contributed by atoms with Gasteiger partial charge >= 0.3 is 0 Å². The van der Waals surface area contributed by atoms with Crippen LogP contribution in [-0.2, 0) is 11.2 Å². The number of amides is 2. The van der Waals surface area contributed by atoms with Crippen LogP contribution in [0.2, 0.25) is 0 Å². The van der Waals surface area contributed by atoms with E-state index < -0.39 is 6.10 Å². The van der Waals surface area contributed by atoms with E-state index in [0.29, 0.717) is 16.4 Å². The van der Waals surface area contributed by atoms with Crippen LogP contribution in [0.3, 0.4) is 0 Å². The summed E-state index contributed by atoms with van der Waals surface area (Å²) in [6, 6.07) is 6.95. The number of rotatable bonds is 6. The standard InChI is InChI=1S/C28H35N3O4S/c1-7-14-31(5)26(34)16(2)20-12-13-28(4)15-21-23(17(3)22(28)24(20)32)29-27(36-21)30-25(33)18-8-10-19(35-6)11-9-18/h1,8-11,16-17,20,22,24,32H,12-15H2,2-6H3,(H,29,30,33)/t16-,17+,20-,22+,24-,28+/m0/s1. The molecule has 7 nitrogen and oxygen atoms in total. The number of aromatic nitrogens is 1. The lowest BCUT2D eigenvalue weighted by atomic mass is 9.53. The van der Waals surface area contributed by atoms with Gasteiger partial charge in [0.15, 0.2) is 5.13 Å². The zero-order valence-corrected chi connectivity index (χ0v) is 22.4. The van der Waals surface area contributed by atoms with Crippen molar-refractivity contribution in [3.63, 3.8) is 0 Å². The van der Waals surface area contributed by atoms with Crippen molar-refractivity contribution in [2.24, 2.45) is 23.2 Å². The Hall–Kier alpha value is -2.89. The van der Waals surface area contributed by atoms with Crippen molar-refractivity contribution in [2.45, 2.75) is 52.1 Å². The topological polar surface area (TPSA) is 91.8 Å². The lowest BCUT2D eigenvalue weighted by Crippen LogP contribution is -2.53. The van der Waals surface area contributed by atoms with Crippen LogP contribution in [0.4, 0.5) is 5.13 Å².